The lowest BCUT2D eigenvalue weighted by Gasteiger charge is -2.39. The average Bonchev–Trinajstić information content (AvgIpc) is 3.40. The van der Waals surface area contributed by atoms with E-state index in [1.807, 2.05) is 6.92 Å². The minimum atomic E-state index is -1.43. The van der Waals surface area contributed by atoms with Crippen LogP contribution in [0.4, 0.5) is 16.0 Å². The molecule has 0 aliphatic carbocycles. The number of thiazole rings is 1. The smallest absolute Gasteiger partial charge is 0.341 e. The number of carbonyl (C=O) groups is 2. The van der Waals surface area contributed by atoms with Gasteiger partial charge in [0.05, 0.1) is 11.3 Å². The summed E-state index contributed by atoms with van der Waals surface area (Å²) in [5, 5.41) is 20.7. The van der Waals surface area contributed by atoms with Crippen LogP contribution in [-0.2, 0) is 4.79 Å². The average molecular weight is 469 g/mol. The zero-order valence-corrected chi connectivity index (χ0v) is 17.9. The number of carboxylic acids is 1. The van der Waals surface area contributed by atoms with E-state index >= 15 is 0 Å². The predicted octanol–water partition coefficient (Wildman–Crippen LogP) is 1.79. The summed E-state index contributed by atoms with van der Waals surface area (Å²) in [5.74, 6) is -2.48. The molecule has 1 fully saturated rings. The van der Waals surface area contributed by atoms with Crippen molar-refractivity contribution >= 4 is 45.9 Å². The van der Waals surface area contributed by atoms with E-state index in [0.717, 1.165) is 18.0 Å². The van der Waals surface area contributed by atoms with Crippen LogP contribution in [0.25, 0.3) is 16.2 Å². The quantitative estimate of drug-likeness (QED) is 0.401. The minimum absolute atomic E-state index is 0.0325. The Kier molecular flexibility index (Phi) is 4.89. The van der Waals surface area contributed by atoms with E-state index in [-0.39, 0.29) is 35.8 Å². The number of anilines is 2. The maximum atomic E-state index is 14.9. The number of aromatic nitrogens is 5. The molecule has 0 bridgehead atoms. The molecule has 5 rings (SSSR count). The fourth-order valence-corrected chi connectivity index (χ4v) is 4.21. The van der Waals surface area contributed by atoms with E-state index in [1.165, 1.54) is 22.1 Å². The number of H-pyrrole nitrogens is 1. The first-order valence-corrected chi connectivity index (χ1v) is 10.7. The Morgan fingerprint density at radius 3 is 2.76 bits per heavy atom. The zero-order chi connectivity index (χ0) is 23.3. The Bertz CT molecular complexity index is 1460. The van der Waals surface area contributed by atoms with E-state index < -0.39 is 28.7 Å². The van der Waals surface area contributed by atoms with Crippen molar-refractivity contribution in [2.45, 2.75) is 6.92 Å². The Morgan fingerprint density at radius 2 is 2.12 bits per heavy atom. The van der Waals surface area contributed by atoms with Gasteiger partial charge in [0.1, 0.15) is 5.56 Å². The van der Waals surface area contributed by atoms with E-state index in [9.17, 15) is 23.9 Å². The number of aromatic amines is 1. The number of carbonyl (C=O) groups excluding carboxylic acids is 1. The van der Waals surface area contributed by atoms with Crippen molar-refractivity contribution in [3.8, 4) is 5.13 Å². The molecule has 4 aromatic rings. The van der Waals surface area contributed by atoms with Crippen LogP contribution in [0.15, 0.2) is 34.7 Å². The minimum Gasteiger partial charge on any atom is -0.477 e. The number of pyridine rings is 2. The molecule has 33 heavy (non-hydrogen) atoms. The molecule has 3 N–H and O–H groups in total. The van der Waals surface area contributed by atoms with Crippen molar-refractivity contribution in [1.29, 1.82) is 0 Å². The van der Waals surface area contributed by atoms with Crippen LogP contribution in [-0.4, -0.2) is 54.8 Å². The summed E-state index contributed by atoms with van der Waals surface area (Å²) in [4.78, 5) is 46.7. The lowest BCUT2D eigenvalue weighted by atomic mass is 9.99. The van der Waals surface area contributed by atoms with E-state index in [2.05, 4.69) is 25.5 Å². The summed E-state index contributed by atoms with van der Waals surface area (Å²) >= 11 is 1.21. The fourth-order valence-electron chi connectivity index (χ4n) is 3.60. The fraction of sp³-hybridized carbons (Fsp3) is 0.200. The molecule has 0 spiro atoms. The Balaban J connectivity index is 1.48. The first-order chi connectivity index (χ1) is 15.8. The van der Waals surface area contributed by atoms with Crippen LogP contribution in [0.5, 0.6) is 0 Å². The van der Waals surface area contributed by atoms with Crippen molar-refractivity contribution in [3.63, 3.8) is 0 Å². The highest BCUT2D eigenvalue weighted by molar-refractivity contribution is 7.12. The lowest BCUT2D eigenvalue weighted by molar-refractivity contribution is -0.120. The molecule has 13 heteroatoms. The summed E-state index contributed by atoms with van der Waals surface area (Å²) in [6.45, 7) is 2.26. The monoisotopic (exact) mass is 469 g/mol. The molecule has 11 nitrogen and oxygen atoms in total. The van der Waals surface area contributed by atoms with Crippen LogP contribution in [0, 0.1) is 18.7 Å². The first-order valence-electron chi connectivity index (χ1n) is 9.78. The molecular formula is C20H16FN7O4S. The Labute approximate surface area is 188 Å². The van der Waals surface area contributed by atoms with Crippen molar-refractivity contribution in [1.82, 2.24) is 24.7 Å². The third-order valence-electron chi connectivity index (χ3n) is 5.28. The van der Waals surface area contributed by atoms with Crippen molar-refractivity contribution in [2.75, 3.05) is 23.3 Å². The molecule has 0 radical (unpaired) electrons. The molecule has 1 aliphatic heterocycles. The summed E-state index contributed by atoms with van der Waals surface area (Å²) in [5.41, 5.74) is -0.462. The molecular weight excluding hydrogens is 453 g/mol. The first kappa shape index (κ1) is 20.8. The topological polar surface area (TPSA) is 146 Å². The second kappa shape index (κ2) is 7.78. The van der Waals surface area contributed by atoms with Gasteiger partial charge in [0.25, 0.3) is 0 Å². The molecule has 4 aromatic heterocycles. The molecule has 5 heterocycles. The third-order valence-corrected chi connectivity index (χ3v) is 6.05. The van der Waals surface area contributed by atoms with Crippen LogP contribution >= 0.6 is 11.3 Å². The van der Waals surface area contributed by atoms with Gasteiger partial charge in [-0.25, -0.2) is 19.2 Å². The van der Waals surface area contributed by atoms with Crippen LogP contribution in [0.3, 0.4) is 0 Å². The molecule has 1 aliphatic rings. The van der Waals surface area contributed by atoms with Gasteiger partial charge in [-0.15, -0.1) is 11.3 Å². The highest BCUT2D eigenvalue weighted by atomic mass is 32.1. The number of nitrogens with zero attached hydrogens (tertiary/aromatic N) is 5. The lowest BCUT2D eigenvalue weighted by Crippen LogP contribution is -2.52. The van der Waals surface area contributed by atoms with Gasteiger partial charge >= 0.3 is 5.97 Å². The zero-order valence-electron chi connectivity index (χ0n) is 17.1. The molecule has 0 atom stereocenters. The van der Waals surface area contributed by atoms with Gasteiger partial charge in [0.2, 0.25) is 11.3 Å². The van der Waals surface area contributed by atoms with Gasteiger partial charge in [-0.1, -0.05) is 0 Å². The second-order valence-corrected chi connectivity index (χ2v) is 8.43. The third kappa shape index (κ3) is 3.61. The molecule has 168 valence electrons. The Hall–Kier alpha value is -4.13. The summed E-state index contributed by atoms with van der Waals surface area (Å²) in [7, 11) is 0. The number of aromatic carboxylic acids is 1. The van der Waals surface area contributed by atoms with Crippen molar-refractivity contribution in [3.05, 3.63) is 57.2 Å². The maximum Gasteiger partial charge on any atom is 0.341 e. The summed E-state index contributed by atoms with van der Waals surface area (Å²) < 4.78 is 16.3. The normalized spacial score (nSPS) is 13.8. The number of halogens is 1. The standard InChI is InChI=1S/C20H16FN7O4S/c1-9-4-14(26-25-9)23-18(30)10-6-27(7-10)17-13(21)5-11-15(29)12(19(31)32)8-28(16(11)24-17)20-22-2-3-33-20/h2-5,8,10H,6-7H2,1H3,(H,31,32)(H2,23,25,26,30). The number of fused-ring (bicyclic) bond motifs is 1. The van der Waals surface area contributed by atoms with Gasteiger partial charge < -0.3 is 15.3 Å². The number of rotatable bonds is 5. The molecule has 0 aromatic carbocycles. The second-order valence-electron chi connectivity index (χ2n) is 7.55. The Morgan fingerprint density at radius 1 is 1.33 bits per heavy atom. The molecule has 0 saturated carbocycles. The number of amides is 1. The molecule has 0 unspecified atom stereocenters. The number of aryl methyl sites for hydroxylation is 1. The van der Waals surface area contributed by atoms with E-state index in [0.29, 0.717) is 10.9 Å². The van der Waals surface area contributed by atoms with Gasteiger partial charge in [0, 0.05) is 42.6 Å². The van der Waals surface area contributed by atoms with Gasteiger partial charge in [-0.3, -0.25) is 19.3 Å². The highest BCUT2D eigenvalue weighted by Crippen LogP contribution is 2.29. The predicted molar refractivity (Wildman–Crippen MR) is 118 cm³/mol. The number of carboxylic acid groups (broad SMARTS) is 1. The number of nitrogens with one attached hydrogen (secondary N) is 2. The largest absolute Gasteiger partial charge is 0.477 e. The molecule has 1 amide bonds. The van der Waals surface area contributed by atoms with Crippen LogP contribution < -0.4 is 15.6 Å². The van der Waals surface area contributed by atoms with Gasteiger partial charge in [-0.05, 0) is 13.0 Å². The van der Waals surface area contributed by atoms with E-state index in [4.69, 9.17) is 0 Å². The molecule has 1 saturated heterocycles. The SMILES string of the molecule is Cc1cc(NC(=O)C2CN(c3nc4c(cc3F)c(=O)c(C(=O)O)cn4-c3nccs3)C2)n[nH]1. The van der Waals surface area contributed by atoms with Crippen LogP contribution in [0.2, 0.25) is 0 Å². The highest BCUT2D eigenvalue weighted by Gasteiger charge is 2.35. The van der Waals surface area contributed by atoms with Crippen molar-refractivity contribution in [2.24, 2.45) is 5.92 Å². The number of hydrogen-bond acceptors (Lipinski definition) is 8. The van der Waals surface area contributed by atoms with Crippen LogP contribution in [0.1, 0.15) is 16.1 Å². The summed E-state index contributed by atoms with van der Waals surface area (Å²) in [6.07, 6.45) is 2.66. The van der Waals surface area contributed by atoms with Gasteiger partial charge in [0.15, 0.2) is 28.2 Å². The summed E-state index contributed by atoms with van der Waals surface area (Å²) in [6, 6.07) is 2.68. The van der Waals surface area contributed by atoms with Crippen molar-refractivity contribution < 1.29 is 19.1 Å². The van der Waals surface area contributed by atoms with Gasteiger partial charge in [-0.2, -0.15) is 5.10 Å². The maximum absolute atomic E-state index is 14.9. The van der Waals surface area contributed by atoms with E-state index in [1.54, 1.807) is 16.3 Å². The number of hydrogen-bond donors (Lipinski definition) is 3.